The van der Waals surface area contributed by atoms with Gasteiger partial charge in [0.25, 0.3) is 0 Å². The highest BCUT2D eigenvalue weighted by molar-refractivity contribution is 5.96. The van der Waals surface area contributed by atoms with Crippen LogP contribution in [0, 0.1) is 18.3 Å². The highest BCUT2D eigenvalue weighted by Gasteiger charge is 2.33. The molecule has 0 unspecified atom stereocenters. The predicted octanol–water partition coefficient (Wildman–Crippen LogP) is 4.53. The Balaban J connectivity index is 1.57. The summed E-state index contributed by atoms with van der Waals surface area (Å²) in [5.41, 5.74) is 3.22. The Morgan fingerprint density at radius 3 is 2.35 bits per heavy atom. The normalized spacial score (nSPS) is 15.3. The van der Waals surface area contributed by atoms with Crippen molar-refractivity contribution in [3.05, 3.63) is 54.2 Å². The highest BCUT2D eigenvalue weighted by Crippen LogP contribution is 2.31. The first-order valence-electron chi connectivity index (χ1n) is 10.9. The molecule has 6 heteroatoms. The monoisotopic (exact) mass is 418 g/mol. The largest absolute Gasteiger partial charge is 0.342 e. The Bertz CT molecular complexity index is 1100. The van der Waals surface area contributed by atoms with E-state index in [-0.39, 0.29) is 17.7 Å². The molecular weight excluding hydrogens is 388 g/mol. The molecule has 0 bridgehead atoms. The molecule has 1 N–H and O–H groups in total. The lowest BCUT2D eigenvalue weighted by Crippen LogP contribution is -2.45. The van der Waals surface area contributed by atoms with Gasteiger partial charge in [-0.15, -0.1) is 0 Å². The number of aryl methyl sites for hydroxylation is 1. The van der Waals surface area contributed by atoms with Gasteiger partial charge in [-0.3, -0.25) is 14.0 Å². The van der Waals surface area contributed by atoms with Crippen LogP contribution in [0.4, 0.5) is 5.82 Å². The number of hydrogen-bond acceptors (Lipinski definition) is 3. The Kier molecular flexibility index (Phi) is 5.56. The van der Waals surface area contributed by atoms with Gasteiger partial charge >= 0.3 is 0 Å². The minimum atomic E-state index is -0.395. The average molecular weight is 419 g/mol. The van der Waals surface area contributed by atoms with Gasteiger partial charge in [0.05, 0.1) is 0 Å². The molecule has 2 amide bonds. The number of nitrogens with one attached hydrogen (secondary N) is 1. The van der Waals surface area contributed by atoms with Gasteiger partial charge in [-0.1, -0.05) is 57.2 Å². The van der Waals surface area contributed by atoms with Crippen LogP contribution in [0.3, 0.4) is 0 Å². The fourth-order valence-corrected chi connectivity index (χ4v) is 4.16. The second kappa shape index (κ2) is 8.17. The summed E-state index contributed by atoms with van der Waals surface area (Å²) in [5.74, 6) is 0.712. The second-order valence-electron chi connectivity index (χ2n) is 9.37. The molecule has 0 saturated carbocycles. The summed E-state index contributed by atoms with van der Waals surface area (Å²) in [6.07, 6.45) is 3.27. The molecule has 1 aliphatic heterocycles. The van der Waals surface area contributed by atoms with E-state index >= 15 is 0 Å². The fourth-order valence-electron chi connectivity index (χ4n) is 4.16. The maximum atomic E-state index is 13.2. The van der Waals surface area contributed by atoms with E-state index in [2.05, 4.69) is 5.32 Å². The van der Waals surface area contributed by atoms with Crippen LogP contribution in [0.5, 0.6) is 0 Å². The van der Waals surface area contributed by atoms with Crippen molar-refractivity contribution in [2.75, 3.05) is 18.4 Å². The van der Waals surface area contributed by atoms with Crippen molar-refractivity contribution >= 4 is 23.3 Å². The topological polar surface area (TPSA) is 66.7 Å². The maximum absolute atomic E-state index is 13.2. The summed E-state index contributed by atoms with van der Waals surface area (Å²) in [4.78, 5) is 32.5. The second-order valence-corrected chi connectivity index (χ2v) is 9.37. The van der Waals surface area contributed by atoms with Gasteiger partial charge in [0, 0.05) is 36.2 Å². The van der Waals surface area contributed by atoms with Gasteiger partial charge in [0.15, 0.2) is 0 Å². The van der Waals surface area contributed by atoms with E-state index < -0.39 is 5.41 Å². The first kappa shape index (κ1) is 21.1. The Morgan fingerprint density at radius 2 is 1.71 bits per heavy atom. The molecule has 1 saturated heterocycles. The zero-order chi connectivity index (χ0) is 22.2. The molecule has 0 aliphatic carbocycles. The Hall–Kier alpha value is -3.15. The summed E-state index contributed by atoms with van der Waals surface area (Å²) >= 11 is 0. The number of carbonyl (C=O) groups is 2. The zero-order valence-electron chi connectivity index (χ0n) is 18.7. The number of pyridine rings is 1. The number of carbonyl (C=O) groups excluding carboxylic acids is 2. The van der Waals surface area contributed by atoms with Crippen LogP contribution >= 0.6 is 0 Å². The highest BCUT2D eigenvalue weighted by atomic mass is 16.2. The lowest BCUT2D eigenvalue weighted by atomic mass is 9.90. The van der Waals surface area contributed by atoms with Gasteiger partial charge in [-0.05, 0) is 31.4 Å². The van der Waals surface area contributed by atoms with Crippen molar-refractivity contribution in [3.8, 4) is 11.3 Å². The van der Waals surface area contributed by atoms with Crippen molar-refractivity contribution in [2.45, 2.75) is 40.5 Å². The summed E-state index contributed by atoms with van der Waals surface area (Å²) in [5, 5.41) is 3.16. The summed E-state index contributed by atoms with van der Waals surface area (Å²) < 4.78 is 1.95. The van der Waals surface area contributed by atoms with E-state index in [0.717, 1.165) is 22.5 Å². The molecule has 1 aromatic carbocycles. The van der Waals surface area contributed by atoms with Crippen LogP contribution < -0.4 is 5.32 Å². The van der Waals surface area contributed by atoms with Crippen molar-refractivity contribution in [1.29, 1.82) is 0 Å². The van der Waals surface area contributed by atoms with Crippen LogP contribution in [0.25, 0.3) is 16.9 Å². The number of hydrogen-bond donors (Lipinski definition) is 1. The molecule has 3 heterocycles. The molecule has 3 aromatic rings. The summed E-state index contributed by atoms with van der Waals surface area (Å²) in [7, 11) is 0. The summed E-state index contributed by atoms with van der Waals surface area (Å²) in [6, 6.07) is 13.9. The molecular formula is C25H30N4O2. The van der Waals surface area contributed by atoms with Crippen LogP contribution in [-0.2, 0) is 9.59 Å². The number of imidazole rings is 1. The summed E-state index contributed by atoms with van der Waals surface area (Å²) in [6.45, 7) is 9.06. The van der Waals surface area contributed by atoms with Crippen molar-refractivity contribution in [2.24, 2.45) is 11.3 Å². The average Bonchev–Trinajstić information content (AvgIpc) is 3.13. The van der Waals surface area contributed by atoms with Crippen LogP contribution in [-0.4, -0.2) is 39.2 Å². The SMILES string of the molecule is Cc1cccn2c(NC(=O)C3CCN(C(=O)C(C)(C)C)CC3)c(-c3ccccc3)nc12. The molecule has 6 nitrogen and oxygen atoms in total. The number of rotatable bonds is 3. The number of aromatic nitrogens is 2. The molecule has 4 rings (SSSR count). The van der Waals surface area contributed by atoms with Gasteiger partial charge in [0.2, 0.25) is 11.8 Å². The number of piperidine rings is 1. The van der Waals surface area contributed by atoms with Gasteiger partial charge in [0.1, 0.15) is 17.2 Å². The van der Waals surface area contributed by atoms with E-state index in [0.29, 0.717) is 31.7 Å². The molecule has 0 radical (unpaired) electrons. The van der Waals surface area contributed by atoms with Gasteiger partial charge in [-0.2, -0.15) is 0 Å². The number of nitrogens with zero attached hydrogens (tertiary/aromatic N) is 3. The van der Waals surface area contributed by atoms with E-state index in [1.807, 2.05) is 85.7 Å². The minimum absolute atomic E-state index is 0.0108. The third-order valence-electron chi connectivity index (χ3n) is 5.93. The standard InChI is InChI=1S/C25H30N4O2/c1-17-9-8-14-29-21(17)26-20(18-10-6-5-7-11-18)22(29)27-23(30)19-12-15-28(16-13-19)24(31)25(2,3)4/h5-11,14,19H,12-13,15-16H2,1-4H3,(H,27,30). The van der Waals surface area contributed by atoms with E-state index in [1.54, 1.807) is 0 Å². The molecule has 2 aromatic heterocycles. The van der Waals surface area contributed by atoms with Crippen LogP contribution in [0.1, 0.15) is 39.2 Å². The number of likely N-dealkylation sites (tertiary alicyclic amines) is 1. The van der Waals surface area contributed by atoms with Crippen LogP contribution in [0.2, 0.25) is 0 Å². The fraction of sp³-hybridized carbons (Fsp3) is 0.400. The molecule has 0 spiro atoms. The van der Waals surface area contributed by atoms with Crippen molar-refractivity contribution in [1.82, 2.24) is 14.3 Å². The van der Waals surface area contributed by atoms with E-state index in [4.69, 9.17) is 4.98 Å². The smallest absolute Gasteiger partial charge is 0.228 e. The lowest BCUT2D eigenvalue weighted by molar-refractivity contribution is -0.142. The van der Waals surface area contributed by atoms with Crippen molar-refractivity contribution < 1.29 is 9.59 Å². The number of benzene rings is 1. The number of fused-ring (bicyclic) bond motifs is 1. The van der Waals surface area contributed by atoms with E-state index in [1.165, 1.54) is 0 Å². The Morgan fingerprint density at radius 1 is 1.03 bits per heavy atom. The third-order valence-corrected chi connectivity index (χ3v) is 5.93. The first-order valence-corrected chi connectivity index (χ1v) is 10.9. The molecule has 1 aliphatic rings. The number of anilines is 1. The first-order chi connectivity index (χ1) is 14.8. The third kappa shape index (κ3) is 4.20. The maximum Gasteiger partial charge on any atom is 0.228 e. The lowest BCUT2D eigenvalue weighted by Gasteiger charge is -2.35. The number of amides is 2. The van der Waals surface area contributed by atoms with Gasteiger partial charge < -0.3 is 10.2 Å². The molecule has 31 heavy (non-hydrogen) atoms. The molecule has 1 fully saturated rings. The molecule has 162 valence electrons. The Labute approximate surface area is 183 Å². The van der Waals surface area contributed by atoms with Gasteiger partial charge in [-0.25, -0.2) is 4.98 Å². The molecule has 0 atom stereocenters. The quantitative estimate of drug-likeness (QED) is 0.679. The van der Waals surface area contributed by atoms with E-state index in [9.17, 15) is 9.59 Å². The minimum Gasteiger partial charge on any atom is -0.342 e. The zero-order valence-corrected chi connectivity index (χ0v) is 18.7. The van der Waals surface area contributed by atoms with Crippen molar-refractivity contribution in [3.63, 3.8) is 0 Å². The van der Waals surface area contributed by atoms with Crippen LogP contribution in [0.15, 0.2) is 48.7 Å². The predicted molar refractivity (Wildman–Crippen MR) is 123 cm³/mol.